The molecule has 1 aromatic heterocycles. The van der Waals surface area contributed by atoms with Crippen LogP contribution in [0.15, 0.2) is 41.4 Å². The number of alkyl halides is 3. The number of amides is 1. The average Bonchev–Trinajstić information content (AvgIpc) is 3.28. The molecule has 40 heavy (non-hydrogen) atoms. The second kappa shape index (κ2) is 12.2. The van der Waals surface area contributed by atoms with E-state index in [0.29, 0.717) is 30.6 Å². The highest BCUT2D eigenvalue weighted by Crippen LogP contribution is 2.43. The number of aliphatic hydroxyl groups is 1. The number of halogens is 3. The van der Waals surface area contributed by atoms with Crippen LogP contribution < -0.4 is 5.32 Å². The number of carbonyl (C=O) groups excluding carboxylic acids is 1. The van der Waals surface area contributed by atoms with Gasteiger partial charge in [-0.1, -0.05) is 26.8 Å². The van der Waals surface area contributed by atoms with Crippen molar-refractivity contribution in [3.8, 4) is 0 Å². The van der Waals surface area contributed by atoms with Gasteiger partial charge in [0.2, 0.25) is 0 Å². The van der Waals surface area contributed by atoms with Crippen molar-refractivity contribution in [1.29, 1.82) is 0 Å². The molecule has 0 unspecified atom stereocenters. The molecule has 2 aromatic rings. The maximum Gasteiger partial charge on any atom is 0.391 e. The Bertz CT molecular complexity index is 1290. The number of nitrogens with zero attached hydrogens (tertiary/aromatic N) is 2. The summed E-state index contributed by atoms with van der Waals surface area (Å²) in [6.07, 6.45) is -1.38. The smallest absolute Gasteiger partial charge is 0.391 e. The fourth-order valence-corrected chi connectivity index (χ4v) is 6.87. The van der Waals surface area contributed by atoms with Gasteiger partial charge in [0.1, 0.15) is 0 Å². The van der Waals surface area contributed by atoms with Crippen molar-refractivity contribution in [3.05, 3.63) is 58.9 Å². The Kier molecular flexibility index (Phi) is 9.26. The molecule has 1 amide bonds. The average molecular weight is 582 g/mol. The molecule has 1 aliphatic carbocycles. The molecule has 2 N–H and O–H groups in total. The van der Waals surface area contributed by atoms with E-state index in [1.807, 2.05) is 12.1 Å². The number of sulfone groups is 1. The highest BCUT2D eigenvalue weighted by Gasteiger charge is 2.42. The van der Waals surface area contributed by atoms with E-state index in [-0.39, 0.29) is 47.3 Å². The van der Waals surface area contributed by atoms with Crippen LogP contribution in [0, 0.1) is 17.8 Å². The summed E-state index contributed by atoms with van der Waals surface area (Å²) in [4.78, 5) is 19.7. The molecule has 0 bridgehead atoms. The molecule has 1 saturated carbocycles. The maximum absolute atomic E-state index is 13.1. The van der Waals surface area contributed by atoms with Crippen LogP contribution >= 0.6 is 0 Å². The second-order valence-electron chi connectivity index (χ2n) is 11.3. The number of fused-ring (bicyclic) bond motifs is 1. The highest BCUT2D eigenvalue weighted by molar-refractivity contribution is 7.91. The van der Waals surface area contributed by atoms with E-state index >= 15 is 0 Å². The van der Waals surface area contributed by atoms with Crippen LogP contribution in [-0.4, -0.2) is 54.4 Å². The number of pyridine rings is 1. The number of benzene rings is 1. The molecule has 0 radical (unpaired) electrons. The van der Waals surface area contributed by atoms with Crippen molar-refractivity contribution in [2.45, 2.75) is 76.2 Å². The molecular weight excluding hydrogens is 543 g/mol. The molecule has 4 rings (SSSR count). The van der Waals surface area contributed by atoms with Gasteiger partial charge in [0.05, 0.1) is 34.9 Å². The lowest BCUT2D eigenvalue weighted by Crippen LogP contribution is -2.34. The summed E-state index contributed by atoms with van der Waals surface area (Å²) in [5, 5.41) is 12.7. The number of hydrogen-bond donors (Lipinski definition) is 2. The van der Waals surface area contributed by atoms with Crippen LogP contribution in [0.5, 0.6) is 0 Å². The monoisotopic (exact) mass is 581 g/mol. The third kappa shape index (κ3) is 6.69. The molecule has 1 aliphatic heterocycles. The van der Waals surface area contributed by atoms with E-state index in [4.69, 9.17) is 0 Å². The first kappa shape index (κ1) is 30.5. The summed E-state index contributed by atoms with van der Waals surface area (Å²) in [5.74, 6) is -1.13. The second-order valence-corrected chi connectivity index (χ2v) is 13.6. The summed E-state index contributed by atoms with van der Waals surface area (Å²) in [5.41, 5.74) is 2.92. The summed E-state index contributed by atoms with van der Waals surface area (Å²) >= 11 is 0. The largest absolute Gasteiger partial charge is 0.394 e. The fourth-order valence-electron chi connectivity index (χ4n) is 6.05. The summed E-state index contributed by atoms with van der Waals surface area (Å²) in [7, 11) is -3.41. The number of aliphatic hydroxyl groups excluding tert-OH is 1. The van der Waals surface area contributed by atoms with Crippen molar-refractivity contribution < 1.29 is 31.5 Å². The van der Waals surface area contributed by atoms with E-state index in [9.17, 15) is 31.5 Å². The van der Waals surface area contributed by atoms with E-state index in [0.717, 1.165) is 17.7 Å². The van der Waals surface area contributed by atoms with Crippen LogP contribution in [0.25, 0.3) is 0 Å². The van der Waals surface area contributed by atoms with Gasteiger partial charge >= 0.3 is 6.18 Å². The van der Waals surface area contributed by atoms with Crippen LogP contribution in [0.3, 0.4) is 0 Å². The van der Waals surface area contributed by atoms with E-state index in [1.54, 1.807) is 13.0 Å². The van der Waals surface area contributed by atoms with Gasteiger partial charge < -0.3 is 10.4 Å². The third-order valence-corrected chi connectivity index (χ3v) is 9.99. The van der Waals surface area contributed by atoms with E-state index < -0.39 is 34.6 Å². The number of aromatic nitrogens is 1. The Morgan fingerprint density at radius 1 is 1.15 bits per heavy atom. The topological polar surface area (TPSA) is 99.6 Å². The first-order valence-corrected chi connectivity index (χ1v) is 15.5. The zero-order valence-corrected chi connectivity index (χ0v) is 23.9. The Hall–Kier alpha value is -2.50. The molecule has 2 aliphatic rings. The molecule has 220 valence electrons. The molecule has 11 heteroatoms. The van der Waals surface area contributed by atoms with Crippen molar-refractivity contribution in [3.63, 3.8) is 0 Å². The molecule has 2 heterocycles. The van der Waals surface area contributed by atoms with Gasteiger partial charge in [-0.05, 0) is 72.9 Å². The zero-order valence-electron chi connectivity index (χ0n) is 23.1. The fraction of sp³-hybridized carbons (Fsp3) is 0.586. The maximum atomic E-state index is 13.1. The Balaban J connectivity index is 1.44. The van der Waals surface area contributed by atoms with Crippen LogP contribution in [0.1, 0.15) is 85.7 Å². The van der Waals surface area contributed by atoms with Gasteiger partial charge in [0.25, 0.3) is 5.91 Å². The molecule has 0 spiro atoms. The van der Waals surface area contributed by atoms with E-state index in [2.05, 4.69) is 29.0 Å². The molecular formula is C29H38F3N3O4S. The number of nitrogens with one attached hydrogen (secondary N) is 1. The molecule has 2 atom stereocenters. The van der Waals surface area contributed by atoms with Gasteiger partial charge in [-0.2, -0.15) is 13.2 Å². The van der Waals surface area contributed by atoms with Gasteiger partial charge in [-0.25, -0.2) is 8.42 Å². The predicted molar refractivity (Wildman–Crippen MR) is 145 cm³/mol. The Labute approximate surface area is 234 Å². The molecule has 7 nitrogen and oxygen atoms in total. The van der Waals surface area contributed by atoms with Gasteiger partial charge in [0, 0.05) is 30.9 Å². The minimum Gasteiger partial charge on any atom is -0.394 e. The zero-order chi connectivity index (χ0) is 29.2. The van der Waals surface area contributed by atoms with Crippen molar-refractivity contribution in [2.24, 2.45) is 17.8 Å². The van der Waals surface area contributed by atoms with Crippen molar-refractivity contribution in [1.82, 2.24) is 15.2 Å². The molecule has 0 saturated heterocycles. The quantitative estimate of drug-likeness (QED) is 0.421. The lowest BCUT2D eigenvalue weighted by molar-refractivity contribution is -0.184. The van der Waals surface area contributed by atoms with Crippen LogP contribution in [0.2, 0.25) is 0 Å². The summed E-state index contributed by atoms with van der Waals surface area (Å²) < 4.78 is 63.4. The van der Waals surface area contributed by atoms with Crippen LogP contribution in [-0.2, 0) is 16.4 Å². The number of rotatable bonds is 9. The number of hydrogen-bond acceptors (Lipinski definition) is 6. The third-order valence-electron chi connectivity index (χ3n) is 8.27. The Morgan fingerprint density at radius 3 is 2.40 bits per heavy atom. The van der Waals surface area contributed by atoms with Crippen molar-refractivity contribution in [2.75, 3.05) is 18.9 Å². The van der Waals surface area contributed by atoms with E-state index in [1.165, 1.54) is 18.3 Å². The predicted octanol–water partition coefficient (Wildman–Crippen LogP) is 5.22. The molecule has 1 fully saturated rings. The highest BCUT2D eigenvalue weighted by atomic mass is 32.2. The lowest BCUT2D eigenvalue weighted by atomic mass is 9.81. The standard InChI is InChI=1S/C29H38F3N3O4S/c1-4-40(38,39)23-10-12-25(33-14-23)26(17-36)34-28(37)20-7-11-24-21(13-20)16-35(27(24)18(2)3)15-19-5-8-22(9-6-19)29(30,31)32/h7,10-14,18-19,22,26-27,36H,4-6,8-9,15-17H2,1-3H3,(H,34,37)/t19-,22-,26-,27-/m0/s1. The van der Waals surface area contributed by atoms with Gasteiger partial charge in [-0.15, -0.1) is 0 Å². The normalized spacial score (nSPS) is 22.8. The van der Waals surface area contributed by atoms with Gasteiger partial charge in [-0.3, -0.25) is 14.7 Å². The summed E-state index contributed by atoms with van der Waals surface area (Å²) in [6, 6.07) is 7.76. The Morgan fingerprint density at radius 2 is 1.85 bits per heavy atom. The summed E-state index contributed by atoms with van der Waals surface area (Å²) in [6.45, 7) is 6.74. The SMILES string of the molecule is CCS(=O)(=O)c1ccc([C@H](CO)NC(=O)c2ccc3c(c2)CN(C[C@H]2CC[C@H](C(F)(F)F)CC2)[C@H]3C(C)C)nc1. The first-order valence-electron chi connectivity index (χ1n) is 13.9. The minimum atomic E-state index is -4.11. The van der Waals surface area contributed by atoms with Crippen LogP contribution in [0.4, 0.5) is 13.2 Å². The minimum absolute atomic E-state index is 0.0548. The van der Waals surface area contributed by atoms with Gasteiger partial charge in [0.15, 0.2) is 9.84 Å². The number of carbonyl (C=O) groups is 1. The first-order chi connectivity index (χ1) is 18.8. The van der Waals surface area contributed by atoms with Crippen molar-refractivity contribution >= 4 is 15.7 Å². The lowest BCUT2D eigenvalue weighted by Gasteiger charge is -2.35. The molecule has 1 aromatic carbocycles.